The highest BCUT2D eigenvalue weighted by molar-refractivity contribution is 5.78. The third-order valence-corrected chi connectivity index (χ3v) is 6.26. The monoisotopic (exact) mass is 418 g/mol. The summed E-state index contributed by atoms with van der Waals surface area (Å²) in [5.74, 6) is -0.00611. The number of fused-ring (bicyclic) bond motifs is 3. The molecule has 0 amide bonds. The van der Waals surface area contributed by atoms with Crippen LogP contribution in [0.3, 0.4) is 0 Å². The molecule has 0 radical (unpaired) electrons. The summed E-state index contributed by atoms with van der Waals surface area (Å²) in [5.41, 5.74) is 3.28. The van der Waals surface area contributed by atoms with Crippen LogP contribution in [0.1, 0.15) is 34.1 Å². The van der Waals surface area contributed by atoms with Crippen molar-refractivity contribution in [1.29, 1.82) is 0 Å². The second kappa shape index (κ2) is 6.57. The largest absolute Gasteiger partial charge is 0.508 e. The van der Waals surface area contributed by atoms with E-state index in [0.717, 1.165) is 22.3 Å². The molecule has 0 saturated carbocycles. The number of hydrogen-bond acceptors (Lipinski definition) is 6. The number of carboxylic acids is 1. The number of benzene rings is 3. The summed E-state index contributed by atoms with van der Waals surface area (Å²) in [6.07, 6.45) is 0. The van der Waals surface area contributed by atoms with Crippen molar-refractivity contribution in [2.24, 2.45) is 5.92 Å². The molecule has 1 aliphatic carbocycles. The van der Waals surface area contributed by atoms with Crippen LogP contribution >= 0.6 is 0 Å². The van der Waals surface area contributed by atoms with Crippen molar-refractivity contribution >= 4 is 5.97 Å². The number of carboxylic acid groups (broad SMARTS) is 1. The molecule has 3 atom stereocenters. The molecular weight excluding hydrogens is 400 g/mol. The van der Waals surface area contributed by atoms with Crippen molar-refractivity contribution in [1.82, 2.24) is 0 Å². The maximum atomic E-state index is 12.6. The number of phenolic OH excluding ortho intramolecular Hbond substituents is 1. The average Bonchev–Trinajstić information content (AvgIpc) is 3.48. The van der Waals surface area contributed by atoms with Crippen molar-refractivity contribution in [3.05, 3.63) is 76.9 Å². The number of hydrogen-bond donors (Lipinski definition) is 2. The summed E-state index contributed by atoms with van der Waals surface area (Å²) in [4.78, 5) is 12.6. The van der Waals surface area contributed by atoms with Gasteiger partial charge in [0.05, 0.1) is 5.92 Å². The molecule has 3 aromatic rings. The quantitative estimate of drug-likeness (QED) is 0.668. The molecule has 0 bridgehead atoms. The summed E-state index contributed by atoms with van der Waals surface area (Å²) in [6.45, 7) is 0.291. The molecule has 0 fully saturated rings. The van der Waals surface area contributed by atoms with Crippen molar-refractivity contribution in [2.45, 2.75) is 11.8 Å². The van der Waals surface area contributed by atoms with Gasteiger partial charge in [-0.1, -0.05) is 18.2 Å². The maximum Gasteiger partial charge on any atom is 0.308 e. The number of rotatable bonds is 3. The minimum Gasteiger partial charge on any atom is -0.508 e. The Labute approximate surface area is 177 Å². The highest BCUT2D eigenvalue weighted by atomic mass is 16.7. The first-order valence-corrected chi connectivity index (χ1v) is 9.95. The van der Waals surface area contributed by atoms with Gasteiger partial charge in [-0.15, -0.1) is 0 Å². The Kier molecular flexibility index (Phi) is 3.80. The standard InChI is InChI=1S/C24H18O7/c25-14-3-4-15-16(9-14)22(13-2-6-18-20(8-13)31-11-29-18)23(24(26)27)21(15)12-1-5-17-19(7-12)30-10-28-17/h1-9,21-23,25H,10-11H2,(H,26,27). The molecule has 2 N–H and O–H groups in total. The van der Waals surface area contributed by atoms with Crippen LogP contribution in [0.25, 0.3) is 0 Å². The van der Waals surface area contributed by atoms with Gasteiger partial charge in [-0.3, -0.25) is 4.79 Å². The molecule has 0 spiro atoms. The van der Waals surface area contributed by atoms with Crippen molar-refractivity contribution < 1.29 is 34.0 Å². The van der Waals surface area contributed by atoms with Crippen molar-refractivity contribution in [2.75, 3.05) is 13.6 Å². The van der Waals surface area contributed by atoms with Crippen LogP contribution in [0.2, 0.25) is 0 Å². The van der Waals surface area contributed by atoms with E-state index >= 15 is 0 Å². The predicted molar refractivity (Wildman–Crippen MR) is 108 cm³/mol. The fraction of sp³-hybridized carbons (Fsp3) is 0.208. The third-order valence-electron chi connectivity index (χ3n) is 6.26. The fourth-order valence-corrected chi connectivity index (χ4v) is 4.97. The van der Waals surface area contributed by atoms with Gasteiger partial charge in [0.1, 0.15) is 5.75 Å². The van der Waals surface area contributed by atoms with E-state index in [2.05, 4.69) is 0 Å². The van der Waals surface area contributed by atoms with Crippen molar-refractivity contribution in [3.63, 3.8) is 0 Å². The summed E-state index contributed by atoms with van der Waals surface area (Å²) in [7, 11) is 0. The Morgan fingerprint density at radius 3 is 1.84 bits per heavy atom. The van der Waals surface area contributed by atoms with Gasteiger partial charge in [-0.25, -0.2) is 0 Å². The number of aliphatic carboxylic acids is 1. The Morgan fingerprint density at radius 1 is 0.710 bits per heavy atom. The van der Waals surface area contributed by atoms with Crippen LogP contribution in [0.5, 0.6) is 28.7 Å². The van der Waals surface area contributed by atoms with Gasteiger partial charge >= 0.3 is 5.97 Å². The molecule has 2 aliphatic heterocycles. The molecule has 7 nitrogen and oxygen atoms in total. The Balaban J connectivity index is 1.53. The Morgan fingerprint density at radius 2 is 1.26 bits per heavy atom. The normalized spacial score (nSPS) is 22.4. The molecule has 2 heterocycles. The van der Waals surface area contributed by atoms with Crippen molar-refractivity contribution in [3.8, 4) is 28.7 Å². The lowest BCUT2D eigenvalue weighted by atomic mass is 9.79. The zero-order chi connectivity index (χ0) is 21.1. The van der Waals surface area contributed by atoms with Crippen LogP contribution in [0, 0.1) is 5.92 Å². The molecule has 0 saturated heterocycles. The first-order chi connectivity index (χ1) is 15.1. The molecule has 156 valence electrons. The Bertz CT molecular complexity index is 1220. The van der Waals surface area contributed by atoms with E-state index in [9.17, 15) is 15.0 Å². The van der Waals surface area contributed by atoms with E-state index in [4.69, 9.17) is 18.9 Å². The lowest BCUT2D eigenvalue weighted by molar-refractivity contribution is -0.142. The van der Waals surface area contributed by atoms with Gasteiger partial charge < -0.3 is 29.2 Å². The molecule has 3 aromatic carbocycles. The molecule has 3 aliphatic rings. The zero-order valence-corrected chi connectivity index (χ0v) is 16.3. The molecule has 3 unspecified atom stereocenters. The molecule has 6 rings (SSSR count). The smallest absolute Gasteiger partial charge is 0.308 e. The number of carbonyl (C=O) groups is 1. The minimum absolute atomic E-state index is 0.0972. The summed E-state index contributed by atoms with van der Waals surface area (Å²) < 4.78 is 21.9. The van der Waals surface area contributed by atoms with Gasteiger partial charge in [-0.2, -0.15) is 0 Å². The minimum atomic E-state index is -0.916. The van der Waals surface area contributed by atoms with Crippen LogP contribution < -0.4 is 18.9 Å². The van der Waals surface area contributed by atoms with E-state index in [-0.39, 0.29) is 19.3 Å². The van der Waals surface area contributed by atoms with Gasteiger partial charge in [0.2, 0.25) is 13.6 Å². The second-order valence-electron chi connectivity index (χ2n) is 7.86. The summed E-state index contributed by atoms with van der Waals surface area (Å²) in [5, 5.41) is 20.5. The van der Waals surface area contributed by atoms with Gasteiger partial charge in [0.25, 0.3) is 0 Å². The average molecular weight is 418 g/mol. The van der Waals surface area contributed by atoms with E-state index in [0.29, 0.717) is 23.0 Å². The fourth-order valence-electron chi connectivity index (χ4n) is 4.97. The highest BCUT2D eigenvalue weighted by Crippen LogP contribution is 2.55. The number of aromatic hydroxyl groups is 1. The summed E-state index contributed by atoms with van der Waals surface area (Å²) in [6, 6.07) is 16.1. The van der Waals surface area contributed by atoms with Crippen LogP contribution in [-0.2, 0) is 4.79 Å². The van der Waals surface area contributed by atoms with Crippen LogP contribution in [-0.4, -0.2) is 29.8 Å². The first-order valence-electron chi connectivity index (χ1n) is 9.95. The van der Waals surface area contributed by atoms with Crippen LogP contribution in [0.4, 0.5) is 0 Å². The first kappa shape index (κ1) is 17.9. The lowest BCUT2D eigenvalue weighted by Crippen LogP contribution is -2.23. The molecule has 7 heteroatoms. The highest BCUT2D eigenvalue weighted by Gasteiger charge is 2.47. The summed E-state index contributed by atoms with van der Waals surface area (Å²) >= 11 is 0. The molecule has 31 heavy (non-hydrogen) atoms. The third kappa shape index (κ3) is 2.70. The van der Waals surface area contributed by atoms with E-state index in [1.165, 1.54) is 0 Å². The second-order valence-corrected chi connectivity index (χ2v) is 7.86. The van der Waals surface area contributed by atoms with Crippen LogP contribution in [0.15, 0.2) is 54.6 Å². The topological polar surface area (TPSA) is 94.5 Å². The van der Waals surface area contributed by atoms with E-state index in [1.54, 1.807) is 18.2 Å². The van der Waals surface area contributed by atoms with Gasteiger partial charge in [-0.05, 0) is 58.7 Å². The number of phenols is 1. The van der Waals surface area contributed by atoms with E-state index < -0.39 is 23.7 Å². The van der Waals surface area contributed by atoms with E-state index in [1.807, 2.05) is 36.4 Å². The predicted octanol–water partition coefficient (Wildman–Crippen LogP) is 3.83. The molecule has 0 aromatic heterocycles. The SMILES string of the molecule is O=C(O)C1C(c2ccc3c(c2)OCO3)c2ccc(O)cc2C1c1ccc2c(c1)OCO2. The lowest BCUT2D eigenvalue weighted by Gasteiger charge is -2.23. The van der Waals surface area contributed by atoms with Gasteiger partial charge in [0, 0.05) is 11.8 Å². The molecular formula is C24H18O7. The Hall–Kier alpha value is -3.87. The number of ether oxygens (including phenoxy) is 4. The van der Waals surface area contributed by atoms with Gasteiger partial charge in [0.15, 0.2) is 23.0 Å². The maximum absolute atomic E-state index is 12.6. The zero-order valence-electron chi connectivity index (χ0n) is 16.3.